The molecule has 0 heterocycles. The van der Waals surface area contributed by atoms with Crippen LogP contribution in [-0.4, -0.2) is 19.1 Å². The van der Waals surface area contributed by atoms with Crippen LogP contribution in [0, 0.1) is 11.6 Å². The second kappa shape index (κ2) is 7.78. The van der Waals surface area contributed by atoms with E-state index >= 15 is 0 Å². The molecule has 0 aliphatic heterocycles. The third-order valence-electron chi connectivity index (χ3n) is 2.93. The highest BCUT2D eigenvalue weighted by Crippen LogP contribution is 2.23. The summed E-state index contributed by atoms with van der Waals surface area (Å²) in [6.45, 7) is 0.474. The van der Waals surface area contributed by atoms with Gasteiger partial charge in [0.15, 0.2) is 11.6 Å². The van der Waals surface area contributed by atoms with Gasteiger partial charge in [-0.25, -0.2) is 8.78 Å². The number of halogens is 3. The van der Waals surface area contributed by atoms with E-state index in [1.54, 1.807) is 24.3 Å². The van der Waals surface area contributed by atoms with Crippen molar-refractivity contribution in [3.8, 4) is 11.5 Å². The van der Waals surface area contributed by atoms with Crippen LogP contribution in [0.3, 0.4) is 0 Å². The molecule has 23 heavy (non-hydrogen) atoms. The van der Waals surface area contributed by atoms with E-state index in [0.29, 0.717) is 23.8 Å². The molecule has 0 aliphatic carbocycles. The molecular formula is C16H14ClF2NO3. The predicted octanol–water partition coefficient (Wildman–Crippen LogP) is 3.57. The number of primary amides is 1. The van der Waals surface area contributed by atoms with Gasteiger partial charge in [-0.2, -0.15) is 0 Å². The van der Waals surface area contributed by atoms with E-state index in [1.165, 1.54) is 0 Å². The van der Waals surface area contributed by atoms with Gasteiger partial charge in [0.2, 0.25) is 0 Å². The Morgan fingerprint density at radius 2 is 1.70 bits per heavy atom. The van der Waals surface area contributed by atoms with Crippen molar-refractivity contribution < 1.29 is 23.0 Å². The Balaban J connectivity index is 1.83. The first-order chi connectivity index (χ1) is 11.0. The van der Waals surface area contributed by atoms with Gasteiger partial charge in [0, 0.05) is 11.4 Å². The second-order valence-corrected chi connectivity index (χ2v) is 5.04. The van der Waals surface area contributed by atoms with Crippen LogP contribution < -0.4 is 15.2 Å². The van der Waals surface area contributed by atoms with Gasteiger partial charge in [-0.3, -0.25) is 4.79 Å². The smallest absolute Gasteiger partial charge is 0.254 e. The number of carbonyl (C=O) groups is 1. The van der Waals surface area contributed by atoms with Crippen LogP contribution in [0.5, 0.6) is 11.5 Å². The van der Waals surface area contributed by atoms with E-state index in [-0.39, 0.29) is 12.4 Å². The molecule has 2 N–H and O–H groups in total. The summed E-state index contributed by atoms with van der Waals surface area (Å²) in [4.78, 5) is 11.0. The molecule has 0 bridgehead atoms. The highest BCUT2D eigenvalue weighted by Gasteiger charge is 2.19. The molecule has 0 radical (unpaired) electrons. The number of hydrogen-bond donors (Lipinski definition) is 1. The number of nitrogens with two attached hydrogens (primary N) is 1. The van der Waals surface area contributed by atoms with Crippen molar-refractivity contribution in [1.29, 1.82) is 0 Å². The first kappa shape index (κ1) is 17.0. The monoisotopic (exact) mass is 341 g/mol. The summed E-state index contributed by atoms with van der Waals surface area (Å²) in [6.07, 6.45) is 0.464. The minimum Gasteiger partial charge on any atom is -0.493 e. The topological polar surface area (TPSA) is 61.6 Å². The van der Waals surface area contributed by atoms with Crippen molar-refractivity contribution in [3.05, 3.63) is 58.6 Å². The second-order valence-electron chi connectivity index (χ2n) is 4.60. The van der Waals surface area contributed by atoms with Gasteiger partial charge in [0.05, 0.1) is 13.2 Å². The minimum absolute atomic E-state index is 0.133. The van der Waals surface area contributed by atoms with Gasteiger partial charge < -0.3 is 15.2 Å². The van der Waals surface area contributed by atoms with Crippen molar-refractivity contribution in [1.82, 2.24) is 0 Å². The van der Waals surface area contributed by atoms with E-state index in [2.05, 4.69) is 0 Å². The lowest BCUT2D eigenvalue weighted by Gasteiger charge is -2.10. The van der Waals surface area contributed by atoms with Crippen LogP contribution in [0.25, 0.3) is 0 Å². The summed E-state index contributed by atoms with van der Waals surface area (Å²) in [5.41, 5.74) is 4.13. The number of rotatable bonds is 7. The average Bonchev–Trinajstić information content (AvgIpc) is 2.50. The van der Waals surface area contributed by atoms with Crippen LogP contribution in [-0.2, 0) is 0 Å². The molecule has 4 nitrogen and oxygen atoms in total. The van der Waals surface area contributed by atoms with Gasteiger partial charge in [0.25, 0.3) is 5.91 Å². The molecule has 0 fully saturated rings. The van der Waals surface area contributed by atoms with Crippen molar-refractivity contribution in [2.45, 2.75) is 6.42 Å². The Hall–Kier alpha value is -2.34. The summed E-state index contributed by atoms with van der Waals surface area (Å²) in [5.74, 6) is -2.88. The van der Waals surface area contributed by atoms with E-state index in [0.717, 1.165) is 12.1 Å². The normalized spacial score (nSPS) is 10.4. The van der Waals surface area contributed by atoms with Crippen molar-refractivity contribution in [3.63, 3.8) is 0 Å². The summed E-state index contributed by atoms with van der Waals surface area (Å²) >= 11 is 5.75. The van der Waals surface area contributed by atoms with E-state index < -0.39 is 23.1 Å². The molecule has 0 unspecified atom stereocenters. The largest absolute Gasteiger partial charge is 0.493 e. The van der Waals surface area contributed by atoms with Crippen molar-refractivity contribution in [2.75, 3.05) is 13.2 Å². The Bertz CT molecular complexity index is 692. The number of carbonyl (C=O) groups excluding carboxylic acids is 1. The summed E-state index contributed by atoms with van der Waals surface area (Å²) in [6, 6.07) is 8.89. The zero-order chi connectivity index (χ0) is 16.8. The van der Waals surface area contributed by atoms with Gasteiger partial charge >= 0.3 is 0 Å². The Morgan fingerprint density at radius 1 is 1.04 bits per heavy atom. The molecule has 2 aromatic carbocycles. The quantitative estimate of drug-likeness (QED) is 0.783. The van der Waals surface area contributed by atoms with Crippen LogP contribution in [0.2, 0.25) is 5.02 Å². The molecule has 1 amide bonds. The third kappa shape index (κ3) is 4.56. The van der Waals surface area contributed by atoms with Gasteiger partial charge in [0.1, 0.15) is 17.1 Å². The number of ether oxygens (including phenoxy) is 2. The maximum absolute atomic E-state index is 13.9. The molecule has 122 valence electrons. The molecular weight excluding hydrogens is 328 g/mol. The van der Waals surface area contributed by atoms with E-state index in [9.17, 15) is 13.6 Å². The maximum Gasteiger partial charge on any atom is 0.254 e. The van der Waals surface area contributed by atoms with Crippen LogP contribution >= 0.6 is 11.6 Å². The van der Waals surface area contributed by atoms with Gasteiger partial charge in [-0.15, -0.1) is 0 Å². The fourth-order valence-corrected chi connectivity index (χ4v) is 1.96. The first-order valence-corrected chi connectivity index (χ1v) is 7.16. The minimum atomic E-state index is -1.18. The van der Waals surface area contributed by atoms with Crippen LogP contribution in [0.15, 0.2) is 36.4 Å². The lowest BCUT2D eigenvalue weighted by Crippen LogP contribution is -2.16. The molecule has 0 aliphatic rings. The SMILES string of the molecule is NC(=O)c1c(F)ccc(OCCCOc2ccc(Cl)cc2)c1F. The highest BCUT2D eigenvalue weighted by molar-refractivity contribution is 6.30. The van der Waals surface area contributed by atoms with Crippen molar-refractivity contribution >= 4 is 17.5 Å². The molecule has 0 saturated heterocycles. The summed E-state index contributed by atoms with van der Waals surface area (Å²) in [5, 5.41) is 0.609. The highest BCUT2D eigenvalue weighted by atomic mass is 35.5. The standard InChI is InChI=1S/C16H14ClF2NO3/c17-10-2-4-11(5-3-10)22-8-1-9-23-13-7-6-12(18)14(15(13)19)16(20)21/h2-7H,1,8-9H2,(H2,20,21). The Morgan fingerprint density at radius 3 is 2.35 bits per heavy atom. The Labute approximate surface area is 136 Å². The summed E-state index contributed by atoms with van der Waals surface area (Å²) in [7, 11) is 0. The fraction of sp³-hybridized carbons (Fsp3) is 0.188. The van der Waals surface area contributed by atoms with E-state index in [4.69, 9.17) is 26.8 Å². The number of amides is 1. The van der Waals surface area contributed by atoms with Crippen LogP contribution in [0.4, 0.5) is 8.78 Å². The summed E-state index contributed by atoms with van der Waals surface area (Å²) < 4.78 is 37.8. The van der Waals surface area contributed by atoms with Crippen LogP contribution in [0.1, 0.15) is 16.8 Å². The maximum atomic E-state index is 13.9. The van der Waals surface area contributed by atoms with Crippen molar-refractivity contribution in [2.24, 2.45) is 5.73 Å². The number of benzene rings is 2. The molecule has 0 saturated carbocycles. The molecule has 0 spiro atoms. The average molecular weight is 342 g/mol. The molecule has 7 heteroatoms. The predicted molar refractivity (Wildman–Crippen MR) is 81.9 cm³/mol. The lowest BCUT2D eigenvalue weighted by molar-refractivity contribution is 0.0991. The zero-order valence-corrected chi connectivity index (χ0v) is 12.8. The number of hydrogen-bond acceptors (Lipinski definition) is 3. The lowest BCUT2D eigenvalue weighted by atomic mass is 10.1. The Kier molecular flexibility index (Phi) is 5.76. The van der Waals surface area contributed by atoms with Gasteiger partial charge in [-0.1, -0.05) is 11.6 Å². The zero-order valence-electron chi connectivity index (χ0n) is 12.0. The van der Waals surface area contributed by atoms with Gasteiger partial charge in [-0.05, 0) is 36.4 Å². The first-order valence-electron chi connectivity index (χ1n) is 6.78. The molecule has 0 aromatic heterocycles. The molecule has 0 atom stereocenters. The molecule has 2 rings (SSSR count). The fourth-order valence-electron chi connectivity index (χ4n) is 1.83. The molecule has 2 aromatic rings. The van der Waals surface area contributed by atoms with E-state index in [1.807, 2.05) is 0 Å². The third-order valence-corrected chi connectivity index (χ3v) is 3.18.